The summed E-state index contributed by atoms with van der Waals surface area (Å²) in [4.78, 5) is 0. The van der Waals surface area contributed by atoms with Gasteiger partial charge in [-0.2, -0.15) is 0 Å². The van der Waals surface area contributed by atoms with E-state index < -0.39 is 5.60 Å². The quantitative estimate of drug-likeness (QED) is 0.881. The Bertz CT molecular complexity index is 514. The maximum absolute atomic E-state index is 9.61. The van der Waals surface area contributed by atoms with E-state index in [0.717, 1.165) is 16.5 Å². The molecule has 92 valence electrons. The summed E-state index contributed by atoms with van der Waals surface area (Å²) < 4.78 is 5.44. The van der Waals surface area contributed by atoms with Crippen molar-refractivity contribution in [3.8, 4) is 0 Å². The number of rotatable bonds is 4. The van der Waals surface area contributed by atoms with Crippen molar-refractivity contribution in [1.82, 2.24) is 5.32 Å². The molecular formula is C13H16ClNO2. The number of fused-ring (bicyclic) bond motifs is 1. The molecule has 2 aromatic rings. The molecule has 0 radical (unpaired) electrons. The minimum atomic E-state index is -0.730. The minimum absolute atomic E-state index is 0.412. The van der Waals surface area contributed by atoms with Crippen LogP contribution in [-0.4, -0.2) is 17.3 Å². The second kappa shape index (κ2) is 4.69. The summed E-state index contributed by atoms with van der Waals surface area (Å²) in [6.07, 6.45) is 0. The number of halogens is 1. The van der Waals surface area contributed by atoms with Gasteiger partial charge in [-0.3, -0.25) is 0 Å². The summed E-state index contributed by atoms with van der Waals surface area (Å²) >= 11 is 6.05. The molecule has 0 aliphatic carbocycles. The molecule has 0 saturated carbocycles. The fourth-order valence-electron chi connectivity index (χ4n) is 1.73. The molecule has 3 nitrogen and oxygen atoms in total. The maximum Gasteiger partial charge on any atom is 0.199 e. The normalized spacial score (nSPS) is 12.2. The Morgan fingerprint density at radius 3 is 2.76 bits per heavy atom. The topological polar surface area (TPSA) is 45.4 Å². The van der Waals surface area contributed by atoms with Crippen LogP contribution in [0.2, 0.25) is 5.22 Å². The molecule has 0 atom stereocenters. The number of furan rings is 1. The van der Waals surface area contributed by atoms with Gasteiger partial charge >= 0.3 is 0 Å². The zero-order valence-electron chi connectivity index (χ0n) is 9.96. The molecule has 0 spiro atoms. The Kier molecular flexibility index (Phi) is 3.43. The summed E-state index contributed by atoms with van der Waals surface area (Å²) in [5, 5.41) is 14.2. The highest BCUT2D eigenvalue weighted by Gasteiger charge is 2.14. The van der Waals surface area contributed by atoms with E-state index in [1.165, 1.54) is 0 Å². The third-order valence-electron chi connectivity index (χ3n) is 2.51. The highest BCUT2D eigenvalue weighted by molar-refractivity contribution is 6.30. The first-order valence-corrected chi connectivity index (χ1v) is 5.94. The Morgan fingerprint density at radius 2 is 2.06 bits per heavy atom. The molecule has 0 fully saturated rings. The van der Waals surface area contributed by atoms with Crippen molar-refractivity contribution >= 4 is 22.6 Å². The second-order valence-electron chi connectivity index (χ2n) is 4.77. The van der Waals surface area contributed by atoms with Gasteiger partial charge in [-0.15, -0.1) is 0 Å². The Labute approximate surface area is 105 Å². The van der Waals surface area contributed by atoms with Crippen LogP contribution in [0.5, 0.6) is 0 Å². The average Bonchev–Trinajstić information content (AvgIpc) is 2.54. The van der Waals surface area contributed by atoms with Gasteiger partial charge < -0.3 is 14.8 Å². The zero-order valence-corrected chi connectivity index (χ0v) is 10.7. The van der Waals surface area contributed by atoms with Crippen molar-refractivity contribution < 1.29 is 9.52 Å². The Morgan fingerprint density at radius 1 is 1.35 bits per heavy atom. The van der Waals surface area contributed by atoms with Crippen molar-refractivity contribution in [2.45, 2.75) is 26.0 Å². The lowest BCUT2D eigenvalue weighted by Crippen LogP contribution is -2.34. The van der Waals surface area contributed by atoms with E-state index >= 15 is 0 Å². The number of hydrogen-bond acceptors (Lipinski definition) is 3. The summed E-state index contributed by atoms with van der Waals surface area (Å²) in [5.74, 6) is 0. The van der Waals surface area contributed by atoms with Crippen LogP contribution in [-0.2, 0) is 6.54 Å². The molecule has 4 heteroatoms. The summed E-state index contributed by atoms with van der Waals surface area (Å²) in [5.41, 5.74) is 0.996. The van der Waals surface area contributed by atoms with Crippen LogP contribution in [0.1, 0.15) is 19.4 Å². The van der Waals surface area contributed by atoms with Gasteiger partial charge in [0.25, 0.3) is 0 Å². The van der Waals surface area contributed by atoms with Crippen molar-refractivity contribution in [3.05, 3.63) is 35.0 Å². The Hall–Kier alpha value is -1.03. The largest absolute Gasteiger partial charge is 0.444 e. The highest BCUT2D eigenvalue weighted by atomic mass is 35.5. The van der Waals surface area contributed by atoms with Crippen LogP contribution in [0.4, 0.5) is 0 Å². The van der Waals surface area contributed by atoms with Crippen LogP contribution in [0.25, 0.3) is 11.0 Å². The van der Waals surface area contributed by atoms with Gasteiger partial charge in [0.1, 0.15) is 5.58 Å². The molecule has 0 aliphatic rings. The summed E-state index contributed by atoms with van der Waals surface area (Å²) in [7, 11) is 0. The van der Waals surface area contributed by atoms with Crippen LogP contribution >= 0.6 is 11.6 Å². The second-order valence-corrected chi connectivity index (χ2v) is 5.11. The van der Waals surface area contributed by atoms with Gasteiger partial charge in [0.15, 0.2) is 5.22 Å². The van der Waals surface area contributed by atoms with E-state index in [0.29, 0.717) is 18.3 Å². The number of hydrogen-bond donors (Lipinski definition) is 2. The molecular weight excluding hydrogens is 238 g/mol. The lowest BCUT2D eigenvalue weighted by Gasteiger charge is -2.17. The molecule has 2 rings (SSSR count). The van der Waals surface area contributed by atoms with Gasteiger partial charge in [-0.25, -0.2) is 0 Å². The zero-order chi connectivity index (χ0) is 12.5. The molecule has 0 bridgehead atoms. The lowest BCUT2D eigenvalue weighted by atomic mass is 10.1. The van der Waals surface area contributed by atoms with Gasteiger partial charge in [-0.1, -0.05) is 18.2 Å². The molecule has 0 aliphatic heterocycles. The first kappa shape index (κ1) is 12.4. The monoisotopic (exact) mass is 253 g/mol. The van der Waals surface area contributed by atoms with E-state index in [-0.39, 0.29) is 0 Å². The average molecular weight is 254 g/mol. The molecule has 0 saturated heterocycles. The predicted octanol–water partition coefficient (Wildman–Crippen LogP) is 2.95. The van der Waals surface area contributed by atoms with E-state index in [1.54, 1.807) is 13.8 Å². The van der Waals surface area contributed by atoms with E-state index in [9.17, 15) is 5.11 Å². The van der Waals surface area contributed by atoms with E-state index in [2.05, 4.69) is 5.32 Å². The van der Waals surface area contributed by atoms with Gasteiger partial charge in [0.05, 0.1) is 5.60 Å². The van der Waals surface area contributed by atoms with Crippen molar-refractivity contribution in [3.63, 3.8) is 0 Å². The van der Waals surface area contributed by atoms with Crippen LogP contribution in [0.3, 0.4) is 0 Å². The van der Waals surface area contributed by atoms with Crippen LogP contribution < -0.4 is 5.32 Å². The molecule has 1 aromatic heterocycles. The van der Waals surface area contributed by atoms with Gasteiger partial charge in [0, 0.05) is 24.0 Å². The number of aliphatic hydroxyl groups is 1. The minimum Gasteiger partial charge on any atom is -0.444 e. The first-order valence-electron chi connectivity index (χ1n) is 5.56. The highest BCUT2D eigenvalue weighted by Crippen LogP contribution is 2.29. The van der Waals surface area contributed by atoms with Crippen molar-refractivity contribution in [2.75, 3.05) is 6.54 Å². The predicted molar refractivity (Wildman–Crippen MR) is 69.2 cm³/mol. The lowest BCUT2D eigenvalue weighted by molar-refractivity contribution is 0.0795. The SMILES string of the molecule is CC(C)(O)CNCc1c(Cl)oc2ccccc12. The summed E-state index contributed by atoms with van der Waals surface area (Å²) in [6, 6.07) is 7.73. The smallest absolute Gasteiger partial charge is 0.199 e. The number of nitrogens with one attached hydrogen (secondary N) is 1. The summed E-state index contributed by atoms with van der Waals surface area (Å²) in [6.45, 7) is 4.60. The molecule has 1 aromatic carbocycles. The fourth-order valence-corrected chi connectivity index (χ4v) is 1.98. The molecule has 0 amide bonds. The van der Waals surface area contributed by atoms with Gasteiger partial charge in [0.2, 0.25) is 0 Å². The van der Waals surface area contributed by atoms with Crippen LogP contribution in [0, 0.1) is 0 Å². The number of para-hydroxylation sites is 1. The van der Waals surface area contributed by atoms with Crippen LogP contribution in [0.15, 0.2) is 28.7 Å². The third-order valence-corrected chi connectivity index (χ3v) is 2.81. The number of benzene rings is 1. The van der Waals surface area contributed by atoms with E-state index in [1.807, 2.05) is 24.3 Å². The Balaban J connectivity index is 2.15. The van der Waals surface area contributed by atoms with Crippen molar-refractivity contribution in [1.29, 1.82) is 0 Å². The van der Waals surface area contributed by atoms with E-state index in [4.69, 9.17) is 16.0 Å². The molecule has 0 unspecified atom stereocenters. The maximum atomic E-state index is 9.61. The molecule has 17 heavy (non-hydrogen) atoms. The fraction of sp³-hybridized carbons (Fsp3) is 0.385. The first-order chi connectivity index (χ1) is 7.97. The van der Waals surface area contributed by atoms with Crippen molar-refractivity contribution in [2.24, 2.45) is 0 Å². The molecule has 1 heterocycles. The standard InChI is InChI=1S/C13H16ClNO2/c1-13(2,16)8-15-7-10-9-5-3-4-6-11(9)17-12(10)14/h3-6,15-16H,7-8H2,1-2H3. The van der Waals surface area contributed by atoms with Gasteiger partial charge in [-0.05, 0) is 31.5 Å². The molecule has 2 N–H and O–H groups in total. The third kappa shape index (κ3) is 3.00.